The summed E-state index contributed by atoms with van der Waals surface area (Å²) < 4.78 is 16.8. The zero-order chi connectivity index (χ0) is 18.4. The lowest BCUT2D eigenvalue weighted by Gasteiger charge is -2.23. The number of rotatable bonds is 7. The molecule has 0 saturated carbocycles. The van der Waals surface area contributed by atoms with Crippen molar-refractivity contribution in [3.63, 3.8) is 0 Å². The summed E-state index contributed by atoms with van der Waals surface area (Å²) in [5.74, 6) is 0.125. The SMILES string of the molecule is COC(=O)[C@H]1N=C(Cc2ccccc2)O[C@@H]1[C@H](C)OCc1ccccc1. The minimum absolute atomic E-state index is 0.309. The third kappa shape index (κ3) is 4.49. The Balaban J connectivity index is 1.66. The second-order valence-corrected chi connectivity index (χ2v) is 6.24. The lowest BCUT2D eigenvalue weighted by Crippen LogP contribution is -2.40. The monoisotopic (exact) mass is 353 g/mol. The summed E-state index contributed by atoms with van der Waals surface area (Å²) >= 11 is 0. The first-order valence-corrected chi connectivity index (χ1v) is 8.68. The number of hydrogen-bond donors (Lipinski definition) is 0. The Hall–Kier alpha value is -2.66. The second-order valence-electron chi connectivity index (χ2n) is 6.24. The van der Waals surface area contributed by atoms with Crippen LogP contribution in [0.1, 0.15) is 18.1 Å². The molecule has 5 heteroatoms. The van der Waals surface area contributed by atoms with Crippen LogP contribution in [0.5, 0.6) is 0 Å². The molecule has 0 radical (unpaired) electrons. The molecule has 0 bridgehead atoms. The van der Waals surface area contributed by atoms with E-state index in [0.717, 1.165) is 11.1 Å². The largest absolute Gasteiger partial charge is 0.472 e. The molecule has 1 heterocycles. The summed E-state index contributed by atoms with van der Waals surface area (Å²) in [6.07, 6.45) is -0.267. The standard InChI is InChI=1S/C21H23NO4/c1-15(25-14-17-11-7-4-8-12-17)20-19(21(23)24-2)22-18(26-20)13-16-9-5-3-6-10-16/h3-12,15,19-20H,13-14H2,1-2H3/t15-,19-,20+/m0/s1. The normalized spacial score (nSPS) is 20.2. The van der Waals surface area contributed by atoms with Gasteiger partial charge >= 0.3 is 5.97 Å². The predicted octanol–water partition coefficient (Wildman–Crippen LogP) is 3.17. The quantitative estimate of drug-likeness (QED) is 0.718. The first-order valence-electron chi connectivity index (χ1n) is 8.68. The molecule has 136 valence electrons. The third-order valence-corrected chi connectivity index (χ3v) is 4.33. The van der Waals surface area contributed by atoms with Crippen molar-refractivity contribution < 1.29 is 19.0 Å². The number of esters is 1. The van der Waals surface area contributed by atoms with E-state index in [1.165, 1.54) is 7.11 Å². The predicted molar refractivity (Wildman–Crippen MR) is 99.0 cm³/mol. The van der Waals surface area contributed by atoms with E-state index in [1.807, 2.05) is 67.6 Å². The number of methoxy groups -OCH3 is 1. The molecule has 3 rings (SSSR count). The smallest absolute Gasteiger partial charge is 0.334 e. The van der Waals surface area contributed by atoms with Crippen molar-refractivity contribution in [2.75, 3.05) is 7.11 Å². The highest BCUT2D eigenvalue weighted by molar-refractivity contribution is 5.87. The lowest BCUT2D eigenvalue weighted by atomic mass is 10.1. The molecule has 0 amide bonds. The van der Waals surface area contributed by atoms with Gasteiger partial charge in [-0.05, 0) is 18.1 Å². The second kappa shape index (κ2) is 8.63. The Labute approximate surface area is 153 Å². The van der Waals surface area contributed by atoms with Gasteiger partial charge in [0.2, 0.25) is 0 Å². The zero-order valence-corrected chi connectivity index (χ0v) is 15.0. The number of hydrogen-bond acceptors (Lipinski definition) is 5. The highest BCUT2D eigenvalue weighted by atomic mass is 16.6. The van der Waals surface area contributed by atoms with Crippen LogP contribution in [0, 0.1) is 0 Å². The maximum atomic E-state index is 12.1. The number of carbonyl (C=O) groups is 1. The van der Waals surface area contributed by atoms with E-state index in [4.69, 9.17) is 14.2 Å². The van der Waals surface area contributed by atoms with Crippen LogP contribution >= 0.6 is 0 Å². The van der Waals surface area contributed by atoms with Gasteiger partial charge in [-0.15, -0.1) is 0 Å². The molecule has 2 aromatic rings. The van der Waals surface area contributed by atoms with E-state index in [1.54, 1.807) is 0 Å². The summed E-state index contributed by atoms with van der Waals surface area (Å²) in [6, 6.07) is 19.1. The maximum absolute atomic E-state index is 12.1. The van der Waals surface area contributed by atoms with E-state index >= 15 is 0 Å². The molecular weight excluding hydrogens is 330 g/mol. The van der Waals surface area contributed by atoms with Gasteiger partial charge in [0, 0.05) is 6.42 Å². The van der Waals surface area contributed by atoms with E-state index < -0.39 is 18.1 Å². The van der Waals surface area contributed by atoms with Gasteiger partial charge in [-0.2, -0.15) is 0 Å². The molecule has 3 atom stereocenters. The molecule has 0 saturated heterocycles. The third-order valence-electron chi connectivity index (χ3n) is 4.33. The Morgan fingerprint density at radius 3 is 2.31 bits per heavy atom. The Morgan fingerprint density at radius 2 is 1.69 bits per heavy atom. The van der Waals surface area contributed by atoms with Gasteiger partial charge in [0.25, 0.3) is 0 Å². The van der Waals surface area contributed by atoms with Crippen molar-refractivity contribution in [3.05, 3.63) is 71.8 Å². The summed E-state index contributed by atoms with van der Waals surface area (Å²) in [5, 5.41) is 0. The van der Waals surface area contributed by atoms with E-state index in [2.05, 4.69) is 4.99 Å². The molecule has 5 nitrogen and oxygen atoms in total. The molecule has 26 heavy (non-hydrogen) atoms. The highest BCUT2D eigenvalue weighted by Gasteiger charge is 2.41. The fourth-order valence-electron chi connectivity index (χ4n) is 2.90. The fourth-order valence-corrected chi connectivity index (χ4v) is 2.90. The van der Waals surface area contributed by atoms with E-state index in [9.17, 15) is 4.79 Å². The van der Waals surface area contributed by atoms with Gasteiger partial charge in [0.05, 0.1) is 19.8 Å². The van der Waals surface area contributed by atoms with E-state index in [0.29, 0.717) is 18.9 Å². The van der Waals surface area contributed by atoms with Crippen LogP contribution in [-0.4, -0.2) is 37.2 Å². The maximum Gasteiger partial charge on any atom is 0.334 e. The summed E-state index contributed by atoms with van der Waals surface area (Å²) in [5.41, 5.74) is 2.14. The molecular formula is C21H23NO4. The first-order chi connectivity index (χ1) is 12.7. The molecule has 0 fully saturated rings. The fraction of sp³-hybridized carbons (Fsp3) is 0.333. The minimum atomic E-state index is -0.704. The van der Waals surface area contributed by atoms with Crippen LogP contribution in [0.2, 0.25) is 0 Å². The van der Waals surface area contributed by atoms with Crippen molar-refractivity contribution in [2.45, 2.75) is 38.2 Å². The Morgan fingerprint density at radius 1 is 1.08 bits per heavy atom. The molecule has 0 aliphatic carbocycles. The van der Waals surface area contributed by atoms with Crippen molar-refractivity contribution in [2.24, 2.45) is 4.99 Å². The first kappa shape index (κ1) is 18.1. The molecule has 0 aromatic heterocycles. The van der Waals surface area contributed by atoms with Crippen molar-refractivity contribution >= 4 is 11.9 Å². The number of carbonyl (C=O) groups excluding carboxylic acids is 1. The molecule has 0 N–H and O–H groups in total. The van der Waals surface area contributed by atoms with Gasteiger partial charge in [0.15, 0.2) is 18.0 Å². The number of nitrogens with zero attached hydrogens (tertiary/aromatic N) is 1. The molecule has 1 aliphatic rings. The summed E-state index contributed by atoms with van der Waals surface area (Å²) in [4.78, 5) is 16.6. The average Bonchev–Trinajstić information content (AvgIpc) is 3.11. The zero-order valence-electron chi connectivity index (χ0n) is 15.0. The van der Waals surface area contributed by atoms with Crippen molar-refractivity contribution in [1.82, 2.24) is 0 Å². The van der Waals surface area contributed by atoms with Crippen LogP contribution in [0.4, 0.5) is 0 Å². The Kier molecular flexibility index (Phi) is 6.02. The number of aliphatic imine (C=N–C) groups is 1. The van der Waals surface area contributed by atoms with E-state index in [-0.39, 0.29) is 6.10 Å². The topological polar surface area (TPSA) is 57.1 Å². The molecule has 0 spiro atoms. The number of ether oxygens (including phenoxy) is 3. The Bertz CT molecular complexity index is 745. The van der Waals surface area contributed by atoms with Crippen LogP contribution < -0.4 is 0 Å². The minimum Gasteiger partial charge on any atom is -0.472 e. The van der Waals surface area contributed by atoms with Gasteiger partial charge < -0.3 is 14.2 Å². The van der Waals surface area contributed by atoms with Crippen LogP contribution in [-0.2, 0) is 32.0 Å². The molecule has 0 unspecified atom stereocenters. The van der Waals surface area contributed by atoms with Crippen LogP contribution in [0.3, 0.4) is 0 Å². The van der Waals surface area contributed by atoms with Gasteiger partial charge in [0.1, 0.15) is 0 Å². The summed E-state index contributed by atoms with van der Waals surface area (Å²) in [6.45, 7) is 2.34. The molecule has 2 aromatic carbocycles. The average molecular weight is 353 g/mol. The molecule has 1 aliphatic heterocycles. The van der Waals surface area contributed by atoms with Gasteiger partial charge in [-0.3, -0.25) is 0 Å². The highest BCUT2D eigenvalue weighted by Crippen LogP contribution is 2.23. The van der Waals surface area contributed by atoms with Crippen LogP contribution in [0.25, 0.3) is 0 Å². The van der Waals surface area contributed by atoms with Gasteiger partial charge in [-0.1, -0.05) is 60.7 Å². The van der Waals surface area contributed by atoms with Crippen LogP contribution in [0.15, 0.2) is 65.7 Å². The van der Waals surface area contributed by atoms with Crippen molar-refractivity contribution in [1.29, 1.82) is 0 Å². The van der Waals surface area contributed by atoms with Gasteiger partial charge in [-0.25, -0.2) is 9.79 Å². The number of benzene rings is 2. The lowest BCUT2D eigenvalue weighted by molar-refractivity contribution is -0.146. The summed E-state index contributed by atoms with van der Waals surface area (Å²) in [7, 11) is 1.36. The van der Waals surface area contributed by atoms with Crippen molar-refractivity contribution in [3.8, 4) is 0 Å².